The predicted octanol–water partition coefficient (Wildman–Crippen LogP) is 4.98. The zero-order valence-electron chi connectivity index (χ0n) is 15.3. The topological polar surface area (TPSA) is 59.2 Å². The number of hydrogen-bond donors (Lipinski definition) is 0. The minimum atomic E-state index is -4.44. The number of alkyl halides is 3. The van der Waals surface area contributed by atoms with Crippen LogP contribution in [0.2, 0.25) is 0 Å². The van der Waals surface area contributed by atoms with Gasteiger partial charge in [-0.2, -0.15) is 13.2 Å². The van der Waals surface area contributed by atoms with Crippen molar-refractivity contribution in [1.82, 2.24) is 15.0 Å². The summed E-state index contributed by atoms with van der Waals surface area (Å²) in [7, 11) is 0. The fourth-order valence-corrected chi connectivity index (χ4v) is 2.92. The lowest BCUT2D eigenvalue weighted by atomic mass is 10.0. The van der Waals surface area contributed by atoms with Gasteiger partial charge in [0, 0.05) is 30.6 Å². The second-order valence-corrected chi connectivity index (χ2v) is 6.21. The minimum absolute atomic E-state index is 0.0829. The van der Waals surface area contributed by atoms with Crippen LogP contribution < -0.4 is 0 Å². The standard InChI is InChI=1S/C20H18F3N3O2/c1-3-26(13(2)14-6-4-8-16(10-14)20(21,22)23)19(27)17-11-18(28-25-17)15-7-5-9-24-12-15/h4-13H,3H2,1-2H3. The molecule has 0 saturated carbocycles. The molecule has 0 radical (unpaired) electrons. The van der Waals surface area contributed by atoms with Gasteiger partial charge in [0.05, 0.1) is 11.6 Å². The molecule has 0 saturated heterocycles. The largest absolute Gasteiger partial charge is 0.416 e. The van der Waals surface area contributed by atoms with E-state index >= 15 is 0 Å². The quantitative estimate of drug-likeness (QED) is 0.618. The van der Waals surface area contributed by atoms with Crippen LogP contribution in [-0.2, 0) is 6.18 Å². The van der Waals surface area contributed by atoms with Gasteiger partial charge in [0.25, 0.3) is 5.91 Å². The number of rotatable bonds is 5. The average molecular weight is 389 g/mol. The van der Waals surface area contributed by atoms with Gasteiger partial charge in [-0.05, 0) is 43.7 Å². The molecule has 1 amide bonds. The van der Waals surface area contributed by atoms with Crippen LogP contribution in [0.4, 0.5) is 13.2 Å². The molecule has 2 heterocycles. The second kappa shape index (κ2) is 7.84. The maximum absolute atomic E-state index is 13.0. The van der Waals surface area contributed by atoms with Crippen LogP contribution in [0.25, 0.3) is 11.3 Å². The van der Waals surface area contributed by atoms with Gasteiger partial charge >= 0.3 is 6.18 Å². The number of nitrogens with zero attached hydrogens (tertiary/aromatic N) is 3. The molecular formula is C20H18F3N3O2. The lowest BCUT2D eigenvalue weighted by molar-refractivity contribution is -0.137. The Morgan fingerprint density at radius 3 is 2.64 bits per heavy atom. The van der Waals surface area contributed by atoms with Crippen molar-refractivity contribution in [1.29, 1.82) is 0 Å². The van der Waals surface area contributed by atoms with Crippen molar-refractivity contribution in [2.75, 3.05) is 6.54 Å². The summed E-state index contributed by atoms with van der Waals surface area (Å²) >= 11 is 0. The third-order valence-corrected chi connectivity index (χ3v) is 4.44. The average Bonchev–Trinajstić information content (AvgIpc) is 3.19. The predicted molar refractivity (Wildman–Crippen MR) is 96.3 cm³/mol. The Morgan fingerprint density at radius 1 is 1.21 bits per heavy atom. The van der Waals surface area contributed by atoms with E-state index in [4.69, 9.17) is 4.52 Å². The van der Waals surface area contributed by atoms with Crippen molar-refractivity contribution < 1.29 is 22.5 Å². The lowest BCUT2D eigenvalue weighted by Gasteiger charge is -2.28. The van der Waals surface area contributed by atoms with E-state index in [1.807, 2.05) is 0 Å². The highest BCUT2D eigenvalue weighted by Crippen LogP contribution is 2.32. The van der Waals surface area contributed by atoms with E-state index in [0.29, 0.717) is 23.4 Å². The highest BCUT2D eigenvalue weighted by molar-refractivity contribution is 5.93. The molecule has 5 nitrogen and oxygen atoms in total. The summed E-state index contributed by atoms with van der Waals surface area (Å²) < 4.78 is 44.2. The first-order valence-electron chi connectivity index (χ1n) is 8.66. The maximum atomic E-state index is 13.0. The molecule has 2 aromatic heterocycles. The SMILES string of the molecule is CCN(C(=O)c1cc(-c2cccnc2)on1)C(C)c1cccc(C(F)(F)F)c1. The first-order chi connectivity index (χ1) is 13.3. The Balaban J connectivity index is 1.85. The Labute approximate surface area is 159 Å². The molecule has 3 rings (SSSR count). The molecule has 8 heteroatoms. The van der Waals surface area contributed by atoms with Crippen LogP contribution in [0.15, 0.2) is 59.4 Å². The molecule has 0 bridgehead atoms. The first kappa shape index (κ1) is 19.6. The highest BCUT2D eigenvalue weighted by Gasteiger charge is 2.32. The summed E-state index contributed by atoms with van der Waals surface area (Å²) in [5, 5.41) is 3.82. The molecule has 0 N–H and O–H groups in total. The van der Waals surface area contributed by atoms with Crippen LogP contribution in [0.5, 0.6) is 0 Å². The summed E-state index contributed by atoms with van der Waals surface area (Å²) in [5.74, 6) is -0.0365. The molecule has 0 aliphatic heterocycles. The summed E-state index contributed by atoms with van der Waals surface area (Å²) in [4.78, 5) is 18.3. The van der Waals surface area contributed by atoms with Crippen molar-refractivity contribution in [3.8, 4) is 11.3 Å². The van der Waals surface area contributed by atoms with Gasteiger partial charge in [0.2, 0.25) is 0 Å². The number of halogens is 3. The van der Waals surface area contributed by atoms with Crippen molar-refractivity contribution in [3.63, 3.8) is 0 Å². The van der Waals surface area contributed by atoms with Crippen molar-refractivity contribution in [2.45, 2.75) is 26.1 Å². The fourth-order valence-electron chi connectivity index (χ4n) is 2.92. The van der Waals surface area contributed by atoms with Gasteiger partial charge in [0.1, 0.15) is 0 Å². The smallest absolute Gasteiger partial charge is 0.355 e. The molecule has 28 heavy (non-hydrogen) atoms. The second-order valence-electron chi connectivity index (χ2n) is 6.21. The molecule has 0 aliphatic rings. The van der Waals surface area contributed by atoms with Gasteiger partial charge < -0.3 is 9.42 Å². The van der Waals surface area contributed by atoms with Crippen molar-refractivity contribution >= 4 is 5.91 Å². The fraction of sp³-hybridized carbons (Fsp3) is 0.250. The van der Waals surface area contributed by atoms with Gasteiger partial charge in [-0.3, -0.25) is 9.78 Å². The first-order valence-corrected chi connectivity index (χ1v) is 8.66. The van der Waals surface area contributed by atoms with Crippen LogP contribution in [0.3, 0.4) is 0 Å². The van der Waals surface area contributed by atoms with Gasteiger partial charge in [0.15, 0.2) is 11.5 Å². The highest BCUT2D eigenvalue weighted by atomic mass is 19.4. The van der Waals surface area contributed by atoms with E-state index in [-0.39, 0.29) is 5.69 Å². The number of aromatic nitrogens is 2. The van der Waals surface area contributed by atoms with Gasteiger partial charge in [-0.25, -0.2) is 0 Å². The van der Waals surface area contributed by atoms with E-state index in [2.05, 4.69) is 10.1 Å². The molecule has 0 spiro atoms. The van der Waals surface area contributed by atoms with Crippen LogP contribution >= 0.6 is 0 Å². The van der Waals surface area contributed by atoms with Crippen LogP contribution in [0, 0.1) is 0 Å². The van der Waals surface area contributed by atoms with Crippen LogP contribution in [0.1, 0.15) is 41.5 Å². The molecule has 0 fully saturated rings. The molecule has 1 unspecified atom stereocenters. The maximum Gasteiger partial charge on any atom is 0.416 e. The Kier molecular flexibility index (Phi) is 5.48. The Hall–Kier alpha value is -3.16. The summed E-state index contributed by atoms with van der Waals surface area (Å²) in [6, 6.07) is 9.40. The number of amides is 1. The normalized spacial score (nSPS) is 12.6. The van der Waals surface area contributed by atoms with Gasteiger partial charge in [-0.15, -0.1) is 0 Å². The monoisotopic (exact) mass is 389 g/mol. The lowest BCUT2D eigenvalue weighted by Crippen LogP contribution is -2.33. The Bertz CT molecular complexity index is 955. The number of carbonyl (C=O) groups excluding carboxylic acids is 1. The van der Waals surface area contributed by atoms with Crippen molar-refractivity contribution in [3.05, 3.63) is 71.7 Å². The molecule has 0 aliphatic carbocycles. The van der Waals surface area contributed by atoms with E-state index in [9.17, 15) is 18.0 Å². The zero-order valence-corrected chi connectivity index (χ0v) is 15.3. The van der Waals surface area contributed by atoms with E-state index < -0.39 is 23.7 Å². The van der Waals surface area contributed by atoms with E-state index in [1.54, 1.807) is 44.4 Å². The third kappa shape index (κ3) is 4.05. The number of hydrogen-bond acceptors (Lipinski definition) is 4. The molecule has 3 aromatic rings. The number of pyridine rings is 1. The van der Waals surface area contributed by atoms with Crippen molar-refractivity contribution in [2.24, 2.45) is 0 Å². The molecule has 146 valence electrons. The third-order valence-electron chi connectivity index (χ3n) is 4.44. The molecule has 1 aromatic carbocycles. The summed E-state index contributed by atoms with van der Waals surface area (Å²) in [5.41, 5.74) is 0.393. The van der Waals surface area contributed by atoms with E-state index in [0.717, 1.165) is 12.1 Å². The van der Waals surface area contributed by atoms with Gasteiger partial charge in [-0.1, -0.05) is 17.3 Å². The summed E-state index contributed by atoms with van der Waals surface area (Å²) in [6.07, 6.45) is -1.25. The molecular weight excluding hydrogens is 371 g/mol. The van der Waals surface area contributed by atoms with E-state index in [1.165, 1.54) is 17.0 Å². The minimum Gasteiger partial charge on any atom is -0.355 e. The number of carbonyl (C=O) groups is 1. The molecule has 1 atom stereocenters. The zero-order chi connectivity index (χ0) is 20.3. The number of benzene rings is 1. The van der Waals surface area contributed by atoms with Crippen LogP contribution in [-0.4, -0.2) is 27.5 Å². The summed E-state index contributed by atoms with van der Waals surface area (Å²) in [6.45, 7) is 3.73. The Morgan fingerprint density at radius 2 is 2.00 bits per heavy atom.